The van der Waals surface area contributed by atoms with Gasteiger partial charge in [0.15, 0.2) is 11.5 Å². The summed E-state index contributed by atoms with van der Waals surface area (Å²) in [6.07, 6.45) is 0. The van der Waals surface area contributed by atoms with Crippen LogP contribution in [0.25, 0.3) is 0 Å². The van der Waals surface area contributed by atoms with E-state index < -0.39 is 0 Å². The molecule has 1 rings (SSSR count). The Labute approximate surface area is 127 Å². The number of carbonyl (C=O) groups excluding carboxylic acids is 1. The number of benzene rings is 1. The molecular weight excluding hydrogens is 268 g/mol. The van der Waals surface area contributed by atoms with Crippen LogP contribution in [0.4, 0.5) is 0 Å². The van der Waals surface area contributed by atoms with Crippen LogP contribution in [0.2, 0.25) is 0 Å². The molecule has 2 N–H and O–H groups in total. The number of amides is 1. The number of hydrogen-bond acceptors (Lipinski definition) is 4. The molecule has 118 valence electrons. The molecule has 1 aromatic rings. The van der Waals surface area contributed by atoms with Crippen molar-refractivity contribution in [2.45, 2.75) is 33.7 Å². The first-order valence-electron chi connectivity index (χ1n) is 7.49. The minimum atomic E-state index is -0.107. The fourth-order valence-corrected chi connectivity index (χ4v) is 1.83. The maximum absolute atomic E-state index is 12.1. The van der Waals surface area contributed by atoms with Gasteiger partial charge in [0.25, 0.3) is 5.91 Å². The van der Waals surface area contributed by atoms with Crippen molar-refractivity contribution in [3.63, 3.8) is 0 Å². The first-order chi connectivity index (χ1) is 10.1. The van der Waals surface area contributed by atoms with Crippen molar-refractivity contribution in [3.05, 3.63) is 23.8 Å². The number of carbonyl (C=O) groups is 1. The van der Waals surface area contributed by atoms with Gasteiger partial charge in [-0.15, -0.1) is 0 Å². The molecular formula is C16H26N2O3. The van der Waals surface area contributed by atoms with Crippen LogP contribution in [0.3, 0.4) is 0 Å². The fourth-order valence-electron chi connectivity index (χ4n) is 1.83. The van der Waals surface area contributed by atoms with Gasteiger partial charge in [-0.2, -0.15) is 0 Å². The van der Waals surface area contributed by atoms with E-state index in [0.29, 0.717) is 42.9 Å². The molecule has 0 bridgehead atoms. The lowest BCUT2D eigenvalue weighted by Gasteiger charge is -2.13. The summed E-state index contributed by atoms with van der Waals surface area (Å²) in [5.41, 5.74) is 0.575. The van der Waals surface area contributed by atoms with Gasteiger partial charge in [-0.1, -0.05) is 13.8 Å². The molecule has 0 aliphatic heterocycles. The zero-order chi connectivity index (χ0) is 15.7. The fraction of sp³-hybridized carbons (Fsp3) is 0.562. The Bertz CT molecular complexity index is 447. The van der Waals surface area contributed by atoms with Crippen LogP contribution < -0.4 is 20.1 Å². The van der Waals surface area contributed by atoms with E-state index in [2.05, 4.69) is 24.5 Å². The lowest BCUT2D eigenvalue weighted by molar-refractivity contribution is 0.0953. The van der Waals surface area contributed by atoms with Crippen molar-refractivity contribution >= 4 is 5.91 Å². The predicted octanol–water partition coefficient (Wildman–Crippen LogP) is 2.21. The van der Waals surface area contributed by atoms with E-state index in [1.165, 1.54) is 0 Å². The molecule has 5 heteroatoms. The smallest absolute Gasteiger partial charge is 0.251 e. The van der Waals surface area contributed by atoms with Crippen molar-refractivity contribution < 1.29 is 14.3 Å². The van der Waals surface area contributed by atoms with Gasteiger partial charge in [-0.25, -0.2) is 0 Å². The standard InChI is InChI=1S/C16H26N2O3/c1-5-20-14-8-7-13(11-15(14)21-6-2)16(19)18-10-9-17-12(3)4/h7-8,11-12,17H,5-6,9-10H2,1-4H3,(H,18,19). The Hall–Kier alpha value is -1.75. The number of rotatable bonds is 9. The van der Waals surface area contributed by atoms with Gasteiger partial charge in [0.1, 0.15) is 0 Å². The van der Waals surface area contributed by atoms with E-state index in [4.69, 9.17) is 9.47 Å². The zero-order valence-corrected chi connectivity index (χ0v) is 13.4. The summed E-state index contributed by atoms with van der Waals surface area (Å²) in [4.78, 5) is 12.1. The summed E-state index contributed by atoms with van der Waals surface area (Å²) in [5.74, 6) is 1.16. The van der Waals surface area contributed by atoms with Gasteiger partial charge in [-0.3, -0.25) is 4.79 Å². The third-order valence-corrected chi connectivity index (χ3v) is 2.77. The lowest BCUT2D eigenvalue weighted by Crippen LogP contribution is -2.34. The van der Waals surface area contributed by atoms with Gasteiger partial charge in [0.2, 0.25) is 0 Å². The highest BCUT2D eigenvalue weighted by Crippen LogP contribution is 2.28. The average Bonchev–Trinajstić information content (AvgIpc) is 2.45. The third-order valence-electron chi connectivity index (χ3n) is 2.77. The molecule has 1 amide bonds. The van der Waals surface area contributed by atoms with E-state index >= 15 is 0 Å². The third kappa shape index (κ3) is 6.04. The van der Waals surface area contributed by atoms with Gasteiger partial charge in [0.05, 0.1) is 13.2 Å². The second-order valence-corrected chi connectivity index (χ2v) is 4.89. The quantitative estimate of drug-likeness (QED) is 0.686. The average molecular weight is 294 g/mol. The number of hydrogen-bond donors (Lipinski definition) is 2. The largest absolute Gasteiger partial charge is 0.490 e. The maximum Gasteiger partial charge on any atom is 0.251 e. The van der Waals surface area contributed by atoms with E-state index in [9.17, 15) is 4.79 Å². The highest BCUT2D eigenvalue weighted by atomic mass is 16.5. The maximum atomic E-state index is 12.1. The Morgan fingerprint density at radius 2 is 1.76 bits per heavy atom. The van der Waals surface area contributed by atoms with Crippen molar-refractivity contribution in [3.8, 4) is 11.5 Å². The first-order valence-corrected chi connectivity index (χ1v) is 7.49. The van der Waals surface area contributed by atoms with Crippen molar-refractivity contribution in [2.24, 2.45) is 0 Å². The Morgan fingerprint density at radius 1 is 1.10 bits per heavy atom. The summed E-state index contributed by atoms with van der Waals surface area (Å²) < 4.78 is 11.0. The van der Waals surface area contributed by atoms with Crippen LogP contribution in [0.5, 0.6) is 11.5 Å². The molecule has 0 saturated carbocycles. The highest BCUT2D eigenvalue weighted by Gasteiger charge is 2.11. The number of nitrogens with one attached hydrogen (secondary N) is 2. The van der Waals surface area contributed by atoms with Crippen LogP contribution in [-0.2, 0) is 0 Å². The second-order valence-electron chi connectivity index (χ2n) is 4.89. The predicted molar refractivity (Wildman–Crippen MR) is 84.3 cm³/mol. The van der Waals surface area contributed by atoms with E-state index in [1.807, 2.05) is 13.8 Å². The van der Waals surface area contributed by atoms with Crippen LogP contribution in [0, 0.1) is 0 Å². The summed E-state index contributed by atoms with van der Waals surface area (Å²) >= 11 is 0. The van der Waals surface area contributed by atoms with Gasteiger partial charge >= 0.3 is 0 Å². The normalized spacial score (nSPS) is 10.5. The second kappa shape index (κ2) is 9.23. The summed E-state index contributed by atoms with van der Waals surface area (Å²) in [5, 5.41) is 6.13. The Morgan fingerprint density at radius 3 is 2.38 bits per heavy atom. The van der Waals surface area contributed by atoms with Crippen LogP contribution in [0.1, 0.15) is 38.1 Å². The van der Waals surface area contributed by atoms with Crippen LogP contribution >= 0.6 is 0 Å². The SMILES string of the molecule is CCOc1ccc(C(=O)NCCNC(C)C)cc1OCC. The Balaban J connectivity index is 2.64. The lowest BCUT2D eigenvalue weighted by atomic mass is 10.2. The monoisotopic (exact) mass is 294 g/mol. The molecule has 0 atom stereocenters. The van der Waals surface area contributed by atoms with E-state index in [0.717, 1.165) is 6.54 Å². The van der Waals surface area contributed by atoms with E-state index in [1.54, 1.807) is 18.2 Å². The first kappa shape index (κ1) is 17.3. The molecule has 0 heterocycles. The summed E-state index contributed by atoms with van der Waals surface area (Å²) in [6, 6.07) is 5.66. The van der Waals surface area contributed by atoms with Crippen molar-refractivity contribution in [1.29, 1.82) is 0 Å². The molecule has 0 saturated heterocycles. The van der Waals surface area contributed by atoms with Crippen LogP contribution in [0.15, 0.2) is 18.2 Å². The molecule has 0 aromatic heterocycles. The van der Waals surface area contributed by atoms with E-state index in [-0.39, 0.29) is 5.91 Å². The number of ether oxygens (including phenoxy) is 2. The zero-order valence-electron chi connectivity index (χ0n) is 13.4. The molecule has 0 aliphatic rings. The molecule has 0 fully saturated rings. The molecule has 0 aliphatic carbocycles. The molecule has 0 unspecified atom stereocenters. The minimum absolute atomic E-state index is 0.107. The summed E-state index contributed by atoms with van der Waals surface area (Å²) in [6.45, 7) is 10.4. The molecule has 0 radical (unpaired) electrons. The summed E-state index contributed by atoms with van der Waals surface area (Å²) in [7, 11) is 0. The molecule has 1 aromatic carbocycles. The minimum Gasteiger partial charge on any atom is -0.490 e. The van der Waals surface area contributed by atoms with Crippen molar-refractivity contribution in [2.75, 3.05) is 26.3 Å². The Kier molecular flexibility index (Phi) is 7.61. The van der Waals surface area contributed by atoms with Gasteiger partial charge in [0, 0.05) is 24.7 Å². The molecule has 21 heavy (non-hydrogen) atoms. The highest BCUT2D eigenvalue weighted by molar-refractivity contribution is 5.94. The van der Waals surface area contributed by atoms with Gasteiger partial charge in [-0.05, 0) is 32.0 Å². The molecule has 5 nitrogen and oxygen atoms in total. The molecule has 0 spiro atoms. The topological polar surface area (TPSA) is 59.6 Å². The van der Waals surface area contributed by atoms with Crippen molar-refractivity contribution in [1.82, 2.24) is 10.6 Å². The van der Waals surface area contributed by atoms with Crippen LogP contribution in [-0.4, -0.2) is 38.3 Å². The van der Waals surface area contributed by atoms with Gasteiger partial charge < -0.3 is 20.1 Å².